The van der Waals surface area contributed by atoms with Gasteiger partial charge in [-0.15, -0.1) is 0 Å². The predicted octanol–water partition coefficient (Wildman–Crippen LogP) is -0.369. The summed E-state index contributed by atoms with van der Waals surface area (Å²) < 4.78 is 26.1. The minimum absolute atomic E-state index is 0.192. The maximum absolute atomic E-state index is 13.4. The molecule has 7 heteroatoms. The first-order valence-corrected chi connectivity index (χ1v) is 6.58. The molecule has 1 aromatic carbocycles. The van der Waals surface area contributed by atoms with Crippen LogP contribution in [0.4, 0.5) is 14.5 Å². The summed E-state index contributed by atoms with van der Waals surface area (Å²) in [5, 5.41) is 14.7. The Balaban J connectivity index is 2.63. The van der Waals surface area contributed by atoms with Crippen molar-refractivity contribution in [2.75, 3.05) is 11.9 Å². The number of nitrogens with two attached hydrogens (primary N) is 1. The third-order valence-electron chi connectivity index (χ3n) is 2.81. The lowest BCUT2D eigenvalue weighted by Crippen LogP contribution is -2.94. The largest absolute Gasteiger partial charge is 0.544 e. The lowest BCUT2D eigenvalue weighted by molar-refractivity contribution is -0.686. The minimum atomic E-state index is -1.36. The molecule has 0 fully saturated rings. The number of carbonyl (C=O) groups excluding carboxylic acids is 2. The van der Waals surface area contributed by atoms with Crippen molar-refractivity contribution >= 4 is 17.6 Å². The SMILES string of the molecule is CC(C)C[NH2+][C@@H](CC(=O)Nc1ccc(F)cc1F)C(=O)[O-]. The van der Waals surface area contributed by atoms with E-state index in [1.54, 1.807) is 0 Å². The average molecular weight is 300 g/mol. The van der Waals surface area contributed by atoms with Crippen LogP contribution in [0.15, 0.2) is 18.2 Å². The maximum Gasteiger partial charge on any atom is 0.230 e. The first-order valence-electron chi connectivity index (χ1n) is 6.58. The molecule has 0 bridgehead atoms. The van der Waals surface area contributed by atoms with E-state index in [0.717, 1.165) is 12.1 Å². The lowest BCUT2D eigenvalue weighted by atomic mass is 10.1. The number of carbonyl (C=O) groups is 2. The number of benzene rings is 1. The molecule has 0 saturated carbocycles. The van der Waals surface area contributed by atoms with Crippen molar-refractivity contribution in [2.24, 2.45) is 5.92 Å². The van der Waals surface area contributed by atoms with Gasteiger partial charge in [0, 0.05) is 12.0 Å². The number of rotatable bonds is 7. The van der Waals surface area contributed by atoms with Crippen molar-refractivity contribution in [1.29, 1.82) is 0 Å². The van der Waals surface area contributed by atoms with E-state index in [1.165, 1.54) is 5.32 Å². The number of carboxylic acid groups (broad SMARTS) is 1. The van der Waals surface area contributed by atoms with Crippen molar-refractivity contribution in [3.63, 3.8) is 0 Å². The second-order valence-corrected chi connectivity index (χ2v) is 5.17. The smallest absolute Gasteiger partial charge is 0.230 e. The molecule has 0 radical (unpaired) electrons. The number of carboxylic acids is 1. The number of quaternary nitrogens is 1. The van der Waals surface area contributed by atoms with Crippen LogP contribution < -0.4 is 15.7 Å². The van der Waals surface area contributed by atoms with Gasteiger partial charge in [0.1, 0.15) is 17.7 Å². The third-order valence-corrected chi connectivity index (χ3v) is 2.81. The van der Waals surface area contributed by atoms with Crippen LogP contribution >= 0.6 is 0 Å². The minimum Gasteiger partial charge on any atom is -0.544 e. The summed E-state index contributed by atoms with van der Waals surface area (Å²) in [6.07, 6.45) is -0.355. The number of hydrogen-bond acceptors (Lipinski definition) is 3. The highest BCUT2D eigenvalue weighted by molar-refractivity contribution is 5.93. The molecule has 21 heavy (non-hydrogen) atoms. The molecule has 5 nitrogen and oxygen atoms in total. The van der Waals surface area contributed by atoms with Gasteiger partial charge in [-0.3, -0.25) is 4.79 Å². The van der Waals surface area contributed by atoms with Crippen molar-refractivity contribution in [2.45, 2.75) is 26.3 Å². The summed E-state index contributed by atoms with van der Waals surface area (Å²) in [5.41, 5.74) is -0.192. The number of hydrogen-bond donors (Lipinski definition) is 2. The van der Waals surface area contributed by atoms with Crippen LogP contribution in [0.5, 0.6) is 0 Å². The molecule has 0 aliphatic carbocycles. The van der Waals surface area contributed by atoms with E-state index in [0.29, 0.717) is 12.6 Å². The summed E-state index contributed by atoms with van der Waals surface area (Å²) >= 11 is 0. The van der Waals surface area contributed by atoms with Gasteiger partial charge in [-0.25, -0.2) is 8.78 Å². The van der Waals surface area contributed by atoms with E-state index < -0.39 is 29.6 Å². The summed E-state index contributed by atoms with van der Waals surface area (Å²) in [5.74, 6) is -3.45. The van der Waals surface area contributed by atoms with E-state index in [4.69, 9.17) is 0 Å². The number of aliphatic carboxylic acids is 1. The molecule has 0 saturated heterocycles. The van der Waals surface area contributed by atoms with Crippen LogP contribution in [0, 0.1) is 17.6 Å². The van der Waals surface area contributed by atoms with E-state index in [9.17, 15) is 23.5 Å². The van der Waals surface area contributed by atoms with Gasteiger partial charge in [0.25, 0.3) is 0 Å². The van der Waals surface area contributed by atoms with Crippen molar-refractivity contribution in [1.82, 2.24) is 0 Å². The first kappa shape index (κ1) is 17.0. The van der Waals surface area contributed by atoms with Crippen LogP contribution in [-0.4, -0.2) is 24.5 Å². The van der Waals surface area contributed by atoms with Gasteiger partial charge < -0.3 is 20.5 Å². The zero-order chi connectivity index (χ0) is 16.0. The van der Waals surface area contributed by atoms with Gasteiger partial charge in [-0.1, -0.05) is 13.8 Å². The summed E-state index contributed by atoms with van der Waals surface area (Å²) in [6.45, 7) is 4.35. The van der Waals surface area contributed by atoms with E-state index in [1.807, 2.05) is 13.8 Å². The van der Waals surface area contributed by atoms with Crippen molar-refractivity contribution in [3.8, 4) is 0 Å². The Morgan fingerprint density at radius 3 is 2.52 bits per heavy atom. The zero-order valence-electron chi connectivity index (χ0n) is 11.9. The van der Waals surface area contributed by atoms with Crippen LogP contribution in [0.3, 0.4) is 0 Å². The molecule has 0 spiro atoms. The Hall–Kier alpha value is -2.02. The van der Waals surface area contributed by atoms with Gasteiger partial charge in [-0.2, -0.15) is 0 Å². The molecule has 1 amide bonds. The Kier molecular flexibility index (Phi) is 6.23. The highest BCUT2D eigenvalue weighted by Gasteiger charge is 2.19. The Labute approximate surface area is 121 Å². The molecule has 1 rings (SSSR count). The van der Waals surface area contributed by atoms with Crippen LogP contribution in [0.1, 0.15) is 20.3 Å². The molecule has 0 aliphatic heterocycles. The van der Waals surface area contributed by atoms with Crippen LogP contribution in [-0.2, 0) is 9.59 Å². The Morgan fingerprint density at radius 1 is 1.33 bits per heavy atom. The van der Waals surface area contributed by atoms with Crippen LogP contribution in [0.25, 0.3) is 0 Å². The monoisotopic (exact) mass is 300 g/mol. The highest BCUT2D eigenvalue weighted by atomic mass is 19.1. The fourth-order valence-electron chi connectivity index (χ4n) is 1.69. The fraction of sp³-hybridized carbons (Fsp3) is 0.429. The van der Waals surface area contributed by atoms with Crippen LogP contribution in [0.2, 0.25) is 0 Å². The normalized spacial score (nSPS) is 12.2. The first-order chi connectivity index (χ1) is 9.79. The number of nitrogens with one attached hydrogen (secondary N) is 1. The zero-order valence-corrected chi connectivity index (χ0v) is 11.9. The highest BCUT2D eigenvalue weighted by Crippen LogP contribution is 2.15. The van der Waals surface area contributed by atoms with Gasteiger partial charge in [0.2, 0.25) is 5.91 Å². The van der Waals surface area contributed by atoms with Gasteiger partial charge >= 0.3 is 0 Å². The standard InChI is InChI=1S/C14H18F2N2O3/c1-8(2)7-17-12(14(20)21)6-13(19)18-11-4-3-9(15)5-10(11)16/h3-5,8,12,17H,6-7H2,1-2H3,(H,18,19)(H,20,21)/t12-/m0/s1. The van der Waals surface area contributed by atoms with Gasteiger partial charge in [0.05, 0.1) is 24.6 Å². The lowest BCUT2D eigenvalue weighted by Gasteiger charge is -2.17. The molecule has 0 aromatic heterocycles. The second-order valence-electron chi connectivity index (χ2n) is 5.17. The summed E-state index contributed by atoms with van der Waals surface area (Å²) in [7, 11) is 0. The number of amides is 1. The molecule has 1 aromatic rings. The number of halogens is 2. The van der Waals surface area contributed by atoms with Gasteiger partial charge in [-0.05, 0) is 12.1 Å². The molecule has 1 atom stereocenters. The number of anilines is 1. The summed E-state index contributed by atoms with van der Waals surface area (Å²) in [6, 6.07) is 1.67. The van der Waals surface area contributed by atoms with Crippen molar-refractivity contribution < 1.29 is 28.8 Å². The Bertz CT molecular complexity index is 521. The average Bonchev–Trinajstić information content (AvgIpc) is 2.37. The molecule has 3 N–H and O–H groups in total. The molecule has 0 unspecified atom stereocenters. The molecule has 116 valence electrons. The van der Waals surface area contributed by atoms with Gasteiger partial charge in [0.15, 0.2) is 0 Å². The maximum atomic E-state index is 13.4. The molecular weight excluding hydrogens is 282 g/mol. The second kappa shape index (κ2) is 7.68. The van der Waals surface area contributed by atoms with Crippen molar-refractivity contribution in [3.05, 3.63) is 29.8 Å². The third kappa shape index (κ3) is 5.86. The van der Waals surface area contributed by atoms with E-state index in [-0.39, 0.29) is 18.0 Å². The molecule has 0 heterocycles. The topological polar surface area (TPSA) is 85.8 Å². The predicted molar refractivity (Wildman–Crippen MR) is 70.0 cm³/mol. The molecular formula is C14H18F2N2O3. The quantitative estimate of drug-likeness (QED) is 0.720. The fourth-order valence-corrected chi connectivity index (χ4v) is 1.69. The van der Waals surface area contributed by atoms with E-state index >= 15 is 0 Å². The Morgan fingerprint density at radius 2 is 2.00 bits per heavy atom. The molecule has 0 aliphatic rings. The summed E-state index contributed by atoms with van der Waals surface area (Å²) in [4.78, 5) is 22.7. The van der Waals surface area contributed by atoms with E-state index in [2.05, 4.69) is 5.32 Å².